The molecule has 1 N–H and O–H groups in total. The predicted octanol–water partition coefficient (Wildman–Crippen LogP) is 3.51. The van der Waals surface area contributed by atoms with E-state index in [1.807, 2.05) is 68.4 Å². The number of fused-ring (bicyclic) bond motifs is 1. The van der Waals surface area contributed by atoms with Crippen molar-refractivity contribution in [2.75, 3.05) is 37.8 Å². The van der Waals surface area contributed by atoms with Gasteiger partial charge in [0.25, 0.3) is 0 Å². The average Bonchev–Trinajstić information content (AvgIpc) is 3.55. The Morgan fingerprint density at radius 1 is 1.07 bits per heavy atom. The Balaban J connectivity index is 1.40. The monoisotopic (exact) mass is 622 g/mol. The number of anilines is 1. The molecule has 2 aromatic heterocycles. The third-order valence-corrected chi connectivity index (χ3v) is 10.1. The summed E-state index contributed by atoms with van der Waals surface area (Å²) in [7, 11) is 0. The number of hydrogen-bond donors (Lipinski definition) is 1. The third-order valence-electron chi connectivity index (χ3n) is 6.68. The molecule has 1 unspecified atom stereocenters. The van der Waals surface area contributed by atoms with Gasteiger partial charge >= 0.3 is 244 Å². The summed E-state index contributed by atoms with van der Waals surface area (Å²) in [6, 6.07) is 19.0. The summed E-state index contributed by atoms with van der Waals surface area (Å²) < 4.78 is 12.3. The van der Waals surface area contributed by atoms with Gasteiger partial charge in [0, 0.05) is 0 Å². The van der Waals surface area contributed by atoms with Gasteiger partial charge in [0.05, 0.1) is 0 Å². The van der Waals surface area contributed by atoms with Gasteiger partial charge in [-0.05, 0) is 0 Å². The fourth-order valence-electron chi connectivity index (χ4n) is 4.52. The summed E-state index contributed by atoms with van der Waals surface area (Å²) >= 11 is -0.270. The molecular formula is C29H31AsN4O5S. The van der Waals surface area contributed by atoms with Crippen LogP contribution in [0.4, 0.5) is 10.5 Å². The number of aromatic nitrogens is 2. The number of carbonyl (C=O) groups excluding carboxylic acids is 3. The van der Waals surface area contributed by atoms with Crippen molar-refractivity contribution in [2.45, 2.75) is 26.3 Å². The van der Waals surface area contributed by atoms with Crippen LogP contribution in [0.5, 0.6) is 0 Å². The van der Waals surface area contributed by atoms with Crippen LogP contribution >= 0.6 is 11.3 Å². The quantitative estimate of drug-likeness (QED) is 0.300. The van der Waals surface area contributed by atoms with Crippen LogP contribution in [0.15, 0.2) is 60.7 Å². The van der Waals surface area contributed by atoms with Gasteiger partial charge in [-0.1, -0.05) is 0 Å². The van der Waals surface area contributed by atoms with Crippen molar-refractivity contribution in [3.8, 4) is 0 Å². The Kier molecular flexibility index (Phi) is 8.40. The van der Waals surface area contributed by atoms with Gasteiger partial charge in [0.1, 0.15) is 0 Å². The summed E-state index contributed by atoms with van der Waals surface area (Å²) in [6.45, 7) is 8.80. The maximum atomic E-state index is 13.3. The molecule has 0 spiro atoms. The van der Waals surface area contributed by atoms with Crippen molar-refractivity contribution >= 4 is 64.0 Å². The van der Waals surface area contributed by atoms with Crippen molar-refractivity contribution in [3.63, 3.8) is 0 Å². The van der Waals surface area contributed by atoms with Gasteiger partial charge in [-0.15, -0.1) is 0 Å². The first-order chi connectivity index (χ1) is 19.3. The third kappa shape index (κ3) is 5.99. The molecule has 4 aromatic rings. The fourth-order valence-corrected chi connectivity index (χ4v) is 7.80. The Morgan fingerprint density at radius 3 is 2.45 bits per heavy atom. The van der Waals surface area contributed by atoms with E-state index < -0.39 is 27.4 Å². The van der Waals surface area contributed by atoms with Crippen molar-refractivity contribution in [1.29, 1.82) is 0 Å². The van der Waals surface area contributed by atoms with Crippen molar-refractivity contribution in [3.05, 3.63) is 76.7 Å². The van der Waals surface area contributed by atoms with E-state index in [9.17, 15) is 14.4 Å². The molecule has 2 aromatic carbocycles. The number of ether oxygens (including phenoxy) is 2. The van der Waals surface area contributed by atoms with Crippen molar-refractivity contribution in [1.82, 2.24) is 15.1 Å². The van der Waals surface area contributed by atoms with Crippen molar-refractivity contribution < 1.29 is 23.9 Å². The number of thiophene rings is 1. The number of hydrogen-bond acceptors (Lipinski definition) is 8. The summed E-state index contributed by atoms with van der Waals surface area (Å²) in [5.74, 6) is -0.263. The molecule has 1 atom stereocenters. The molecule has 0 bridgehead atoms. The molecule has 11 heteroatoms. The van der Waals surface area contributed by atoms with Gasteiger partial charge in [-0.25, -0.2) is 0 Å². The molecule has 0 radical (unpaired) electrons. The van der Waals surface area contributed by atoms with E-state index in [-0.39, 0.29) is 17.1 Å². The zero-order chi connectivity index (χ0) is 28.3. The molecule has 1 fully saturated rings. The Labute approximate surface area is 243 Å². The fraction of sp³-hybridized carbons (Fsp3) is 0.310. The van der Waals surface area contributed by atoms with E-state index >= 15 is 0 Å². The van der Waals surface area contributed by atoms with Gasteiger partial charge in [-0.3, -0.25) is 0 Å². The van der Waals surface area contributed by atoms with Crippen LogP contribution in [0.25, 0.3) is 10.2 Å². The predicted molar refractivity (Wildman–Crippen MR) is 158 cm³/mol. The number of amides is 1. The van der Waals surface area contributed by atoms with Crippen LogP contribution in [0.1, 0.15) is 46.4 Å². The van der Waals surface area contributed by atoms with Gasteiger partial charge in [-0.2, -0.15) is 0 Å². The normalized spacial score (nSPS) is 14.1. The molecule has 0 aliphatic carbocycles. The van der Waals surface area contributed by atoms with E-state index in [1.165, 1.54) is 4.68 Å². The molecule has 40 heavy (non-hydrogen) atoms. The van der Waals surface area contributed by atoms with Crippen LogP contribution in [0, 0.1) is 0 Å². The first kappa shape index (κ1) is 28.1. The van der Waals surface area contributed by atoms with E-state index in [2.05, 4.69) is 15.3 Å². The molecule has 9 nitrogen and oxygen atoms in total. The second-order valence-corrected chi connectivity index (χ2v) is 13.3. The molecule has 3 heterocycles. The van der Waals surface area contributed by atoms with Gasteiger partial charge in [0.15, 0.2) is 0 Å². The van der Waals surface area contributed by atoms with Crippen molar-refractivity contribution in [2.24, 2.45) is 0 Å². The minimum atomic E-state index is -1.43. The van der Waals surface area contributed by atoms with Crippen LogP contribution < -0.4 is 14.7 Å². The molecule has 1 aliphatic rings. The number of nitrogens with zero attached hydrogens (tertiary/aromatic N) is 3. The second kappa shape index (κ2) is 12.0. The number of benzene rings is 2. The Hall–Kier alpha value is -3.46. The van der Waals surface area contributed by atoms with Crippen LogP contribution in [-0.2, 0) is 15.0 Å². The maximum absolute atomic E-state index is 13.3. The molecular weight excluding hydrogens is 591 g/mol. The summed E-state index contributed by atoms with van der Waals surface area (Å²) in [5.41, 5.74) is 2.02. The molecule has 1 amide bonds. The number of carbonyl (C=O) groups is 3. The molecule has 5 rings (SSSR count). The SMILES string of the molecule is CCOC(=O)n1nc([AsH]C(=O)c2ccc(N3CCOCC3)cc2)c2cc(C(=O)NC(C)(C)c3ccccc3)sc21. The van der Waals surface area contributed by atoms with E-state index in [4.69, 9.17) is 9.47 Å². The number of rotatable bonds is 8. The van der Waals surface area contributed by atoms with E-state index in [0.717, 1.165) is 35.7 Å². The van der Waals surface area contributed by atoms with Gasteiger partial charge in [0.2, 0.25) is 0 Å². The summed E-state index contributed by atoms with van der Waals surface area (Å²) in [4.78, 5) is 42.5. The molecule has 0 saturated carbocycles. The van der Waals surface area contributed by atoms with Crippen LogP contribution in [-0.4, -0.2) is 75.0 Å². The molecule has 1 saturated heterocycles. The standard InChI is InChI=1S/C29H31AsN4O5S/c1-4-39-28(37)34-27-22(18-23(40-27)26(36)31-29(2,3)20-8-6-5-7-9-20)24(32-34)30-25(35)19-10-12-21(13-11-19)33-14-16-38-17-15-33/h5-13,18,30H,4,14-17H2,1-3H3,(H,31,36). The zero-order valence-electron chi connectivity index (χ0n) is 22.6. The topological polar surface area (TPSA) is 103 Å². The minimum absolute atomic E-state index is 0.00801. The summed E-state index contributed by atoms with van der Waals surface area (Å²) in [6.07, 6.45) is -0.633. The zero-order valence-corrected chi connectivity index (χ0v) is 25.5. The van der Waals surface area contributed by atoms with Gasteiger partial charge < -0.3 is 0 Å². The number of nitrogens with one attached hydrogen (secondary N) is 1. The molecule has 208 valence electrons. The number of morpholine rings is 1. The average molecular weight is 623 g/mol. The Bertz CT molecular complexity index is 1530. The second-order valence-electron chi connectivity index (χ2n) is 9.83. The van der Waals surface area contributed by atoms with Crippen LogP contribution in [0.2, 0.25) is 0 Å². The first-order valence-electron chi connectivity index (χ1n) is 13.1. The summed E-state index contributed by atoms with van der Waals surface area (Å²) in [5, 5.41) is 8.21. The van der Waals surface area contributed by atoms with E-state index in [1.54, 1.807) is 13.0 Å². The first-order valence-corrected chi connectivity index (χ1v) is 16.0. The molecule has 1 aliphatic heterocycles. The van der Waals surface area contributed by atoms with E-state index in [0.29, 0.717) is 38.4 Å². The van der Waals surface area contributed by atoms with Crippen LogP contribution in [0.3, 0.4) is 0 Å². The Morgan fingerprint density at radius 2 is 1.77 bits per heavy atom.